The van der Waals surface area contributed by atoms with Crippen LogP contribution in [0.25, 0.3) is 10.4 Å². The van der Waals surface area contributed by atoms with E-state index in [1.54, 1.807) is 36.5 Å². The number of thiazole rings is 1. The Kier molecular flexibility index (Phi) is 3.80. The number of aromatic carboxylic acids is 1. The summed E-state index contributed by atoms with van der Waals surface area (Å²) in [5, 5.41) is 13.9. The number of nitrogens with zero attached hydrogens (tertiary/aromatic N) is 3. The quantitative estimate of drug-likeness (QED) is 0.797. The van der Waals surface area contributed by atoms with Gasteiger partial charge in [-0.2, -0.15) is 5.10 Å². The number of rotatable bonds is 4. The third kappa shape index (κ3) is 2.79. The molecule has 3 rings (SSSR count). The van der Waals surface area contributed by atoms with Crippen molar-refractivity contribution >= 4 is 17.3 Å². The number of aromatic nitrogens is 3. The molecule has 0 aliphatic heterocycles. The van der Waals surface area contributed by atoms with Crippen LogP contribution < -0.4 is 5.56 Å². The van der Waals surface area contributed by atoms with Gasteiger partial charge in [-0.1, -0.05) is 18.2 Å². The first kappa shape index (κ1) is 14.2. The van der Waals surface area contributed by atoms with Gasteiger partial charge < -0.3 is 5.11 Å². The molecule has 1 aromatic carbocycles. The smallest absolute Gasteiger partial charge is 0.336 e. The van der Waals surface area contributed by atoms with Gasteiger partial charge in [0.25, 0.3) is 5.56 Å². The van der Waals surface area contributed by atoms with Crippen LogP contribution in [-0.4, -0.2) is 25.8 Å². The van der Waals surface area contributed by atoms with Crippen LogP contribution in [0.3, 0.4) is 0 Å². The summed E-state index contributed by atoms with van der Waals surface area (Å²) in [6, 6.07) is 9.78. The van der Waals surface area contributed by atoms with Gasteiger partial charge in [0.05, 0.1) is 17.0 Å². The highest BCUT2D eigenvalue weighted by molar-refractivity contribution is 7.15. The minimum Gasteiger partial charge on any atom is -0.478 e. The average Bonchev–Trinajstić information content (AvgIpc) is 2.98. The Morgan fingerprint density at radius 3 is 2.82 bits per heavy atom. The first-order valence-electron chi connectivity index (χ1n) is 6.44. The molecule has 0 aliphatic carbocycles. The molecule has 0 radical (unpaired) electrons. The molecule has 3 aromatic rings. The predicted molar refractivity (Wildman–Crippen MR) is 82.1 cm³/mol. The molecule has 0 aliphatic rings. The number of carboxylic acids is 1. The summed E-state index contributed by atoms with van der Waals surface area (Å²) in [5.74, 6) is -0.980. The monoisotopic (exact) mass is 313 g/mol. The topological polar surface area (TPSA) is 85.1 Å². The molecule has 2 heterocycles. The summed E-state index contributed by atoms with van der Waals surface area (Å²) < 4.78 is 1.31. The van der Waals surface area contributed by atoms with Crippen molar-refractivity contribution in [3.05, 3.63) is 69.7 Å². The van der Waals surface area contributed by atoms with Gasteiger partial charge in [0.15, 0.2) is 0 Å². The highest BCUT2D eigenvalue weighted by atomic mass is 32.1. The largest absolute Gasteiger partial charge is 0.478 e. The second kappa shape index (κ2) is 5.90. The van der Waals surface area contributed by atoms with Crippen molar-refractivity contribution in [3.63, 3.8) is 0 Å². The molecular weight excluding hydrogens is 302 g/mol. The maximum absolute atomic E-state index is 11.6. The van der Waals surface area contributed by atoms with Gasteiger partial charge in [-0.05, 0) is 12.1 Å². The number of carbonyl (C=O) groups is 1. The summed E-state index contributed by atoms with van der Waals surface area (Å²) >= 11 is 1.35. The molecule has 110 valence electrons. The predicted octanol–water partition coefficient (Wildman–Crippen LogP) is 2.11. The zero-order chi connectivity index (χ0) is 15.5. The first-order valence-corrected chi connectivity index (χ1v) is 7.26. The van der Waals surface area contributed by atoms with Crippen molar-refractivity contribution in [2.24, 2.45) is 0 Å². The van der Waals surface area contributed by atoms with E-state index in [0.29, 0.717) is 10.6 Å². The van der Waals surface area contributed by atoms with Gasteiger partial charge >= 0.3 is 5.97 Å². The lowest BCUT2D eigenvalue weighted by molar-refractivity contribution is 0.0698. The van der Waals surface area contributed by atoms with Gasteiger partial charge in [-0.3, -0.25) is 4.79 Å². The Balaban J connectivity index is 1.94. The number of hydrogen-bond acceptors (Lipinski definition) is 5. The van der Waals surface area contributed by atoms with E-state index in [4.69, 9.17) is 0 Å². The Morgan fingerprint density at radius 1 is 1.23 bits per heavy atom. The van der Waals surface area contributed by atoms with Crippen molar-refractivity contribution in [3.8, 4) is 10.4 Å². The van der Waals surface area contributed by atoms with E-state index in [0.717, 1.165) is 4.88 Å². The van der Waals surface area contributed by atoms with Crippen molar-refractivity contribution < 1.29 is 9.90 Å². The molecule has 22 heavy (non-hydrogen) atoms. The minimum atomic E-state index is -0.980. The molecule has 0 fully saturated rings. The van der Waals surface area contributed by atoms with Gasteiger partial charge in [0.1, 0.15) is 5.01 Å². The van der Waals surface area contributed by atoms with Crippen LogP contribution in [0.4, 0.5) is 0 Å². The second-order valence-corrected chi connectivity index (χ2v) is 5.60. The highest BCUT2D eigenvalue weighted by Gasteiger charge is 2.13. The molecule has 0 saturated heterocycles. The standard InChI is InChI=1S/C15H11N3O3S/c19-14-6-3-7-17-18(14)9-13-16-8-12(22-13)10-4-1-2-5-11(10)15(20)21/h1-8H,9H2,(H,20,21). The molecular formula is C15H11N3O3S. The summed E-state index contributed by atoms with van der Waals surface area (Å²) in [6.07, 6.45) is 3.16. The third-order valence-electron chi connectivity index (χ3n) is 3.05. The van der Waals surface area contributed by atoms with Crippen LogP contribution in [-0.2, 0) is 6.54 Å². The van der Waals surface area contributed by atoms with Crippen LogP contribution in [0, 0.1) is 0 Å². The van der Waals surface area contributed by atoms with Crippen LogP contribution in [0.5, 0.6) is 0 Å². The van der Waals surface area contributed by atoms with E-state index in [1.165, 1.54) is 28.3 Å². The van der Waals surface area contributed by atoms with Crippen molar-refractivity contribution in [2.45, 2.75) is 6.54 Å². The summed E-state index contributed by atoms with van der Waals surface area (Å²) in [7, 11) is 0. The Bertz CT molecular complexity index is 885. The number of benzene rings is 1. The summed E-state index contributed by atoms with van der Waals surface area (Å²) in [5.41, 5.74) is 0.644. The van der Waals surface area contributed by atoms with E-state index < -0.39 is 5.97 Å². The van der Waals surface area contributed by atoms with Crippen LogP contribution in [0.2, 0.25) is 0 Å². The number of hydrogen-bond donors (Lipinski definition) is 1. The Morgan fingerprint density at radius 2 is 2.05 bits per heavy atom. The van der Waals surface area contributed by atoms with Gasteiger partial charge in [-0.15, -0.1) is 11.3 Å². The maximum Gasteiger partial charge on any atom is 0.336 e. The van der Waals surface area contributed by atoms with Crippen LogP contribution in [0.1, 0.15) is 15.4 Å². The average molecular weight is 313 g/mol. The number of carboxylic acid groups (broad SMARTS) is 1. The lowest BCUT2D eigenvalue weighted by atomic mass is 10.1. The molecule has 0 spiro atoms. The fraction of sp³-hybridized carbons (Fsp3) is 0.0667. The maximum atomic E-state index is 11.6. The van der Waals surface area contributed by atoms with Gasteiger partial charge in [0, 0.05) is 24.0 Å². The molecule has 6 nitrogen and oxygen atoms in total. The normalized spacial score (nSPS) is 10.5. The molecule has 7 heteroatoms. The van der Waals surface area contributed by atoms with E-state index in [9.17, 15) is 14.7 Å². The Hall–Kier alpha value is -2.80. The first-order chi connectivity index (χ1) is 10.6. The van der Waals surface area contributed by atoms with Gasteiger partial charge in [0.2, 0.25) is 0 Å². The fourth-order valence-corrected chi connectivity index (χ4v) is 2.97. The molecule has 2 aromatic heterocycles. The summed E-state index contributed by atoms with van der Waals surface area (Å²) in [6.45, 7) is 0.263. The fourth-order valence-electron chi connectivity index (χ4n) is 2.03. The zero-order valence-corrected chi connectivity index (χ0v) is 12.2. The van der Waals surface area contributed by atoms with E-state index >= 15 is 0 Å². The van der Waals surface area contributed by atoms with Gasteiger partial charge in [-0.25, -0.2) is 14.5 Å². The minimum absolute atomic E-state index is 0.204. The van der Waals surface area contributed by atoms with Crippen LogP contribution >= 0.6 is 11.3 Å². The summed E-state index contributed by atoms with van der Waals surface area (Å²) in [4.78, 5) is 27.9. The molecule has 1 N–H and O–H groups in total. The molecule has 0 unspecified atom stereocenters. The lowest BCUT2D eigenvalue weighted by Crippen LogP contribution is -2.21. The highest BCUT2D eigenvalue weighted by Crippen LogP contribution is 2.29. The van der Waals surface area contributed by atoms with E-state index in [1.807, 2.05) is 0 Å². The van der Waals surface area contributed by atoms with Crippen LogP contribution in [0.15, 0.2) is 53.6 Å². The molecule has 0 atom stereocenters. The molecule has 0 bridgehead atoms. The van der Waals surface area contributed by atoms with Crippen molar-refractivity contribution in [2.75, 3.05) is 0 Å². The van der Waals surface area contributed by atoms with E-state index in [2.05, 4.69) is 10.1 Å². The second-order valence-electron chi connectivity index (χ2n) is 4.49. The van der Waals surface area contributed by atoms with Crippen molar-refractivity contribution in [1.29, 1.82) is 0 Å². The lowest BCUT2D eigenvalue weighted by Gasteiger charge is -2.02. The zero-order valence-electron chi connectivity index (χ0n) is 11.3. The third-order valence-corrected chi connectivity index (χ3v) is 4.06. The SMILES string of the molecule is O=C(O)c1ccccc1-c1cnc(Cn2ncccc2=O)s1. The molecule has 0 saturated carbocycles. The Labute approximate surface area is 129 Å². The molecule has 0 amide bonds. The van der Waals surface area contributed by atoms with Crippen molar-refractivity contribution in [1.82, 2.24) is 14.8 Å². The van der Waals surface area contributed by atoms with E-state index in [-0.39, 0.29) is 17.7 Å².